The number of aliphatic carboxylic acids is 1. The summed E-state index contributed by atoms with van der Waals surface area (Å²) >= 11 is 0. The molecule has 460 valence electrons. The predicted octanol–water partition coefficient (Wildman–Crippen LogP) is 17.0. The fourth-order valence-corrected chi connectivity index (χ4v) is 8.99. The zero-order chi connectivity index (χ0) is 58.9. The summed E-state index contributed by atoms with van der Waals surface area (Å²) in [6.07, 6.45) is 63.3. The Labute approximate surface area is 491 Å². The molecule has 12 heteroatoms. The van der Waals surface area contributed by atoms with E-state index in [0.29, 0.717) is 19.3 Å². The molecule has 3 N–H and O–H groups in total. The quantitative estimate of drug-likeness (QED) is 0.0228. The van der Waals surface area contributed by atoms with Crippen LogP contribution in [0.15, 0.2) is 109 Å². The Morgan fingerprint density at radius 3 is 1.20 bits per heavy atom. The second-order valence-corrected chi connectivity index (χ2v) is 21.3. The Morgan fingerprint density at radius 2 is 0.778 bits per heavy atom. The lowest BCUT2D eigenvalue weighted by atomic mass is 9.98. The first kappa shape index (κ1) is 74.4. The van der Waals surface area contributed by atoms with Gasteiger partial charge in [-0.25, -0.2) is 4.79 Å². The van der Waals surface area contributed by atoms with Crippen LogP contribution >= 0.6 is 0 Å². The van der Waals surface area contributed by atoms with Crippen LogP contribution in [0.2, 0.25) is 0 Å². The van der Waals surface area contributed by atoms with Crippen molar-refractivity contribution in [2.24, 2.45) is 0 Å². The Kier molecular flexibility index (Phi) is 51.3. The van der Waals surface area contributed by atoms with E-state index in [0.717, 1.165) is 167 Å². The monoisotopic (exact) mass is 1130 g/mol. The minimum atomic E-state index is -1.92. The highest BCUT2D eigenvalue weighted by Crippen LogP contribution is 2.26. The number of ether oxygens (including phenoxy) is 5. The van der Waals surface area contributed by atoms with Crippen LogP contribution in [-0.2, 0) is 42.9 Å². The van der Waals surface area contributed by atoms with Crippen molar-refractivity contribution in [1.82, 2.24) is 0 Å². The molecule has 1 aliphatic heterocycles. The van der Waals surface area contributed by atoms with E-state index < -0.39 is 67.3 Å². The molecule has 0 amide bonds. The van der Waals surface area contributed by atoms with Gasteiger partial charge in [0.1, 0.15) is 18.8 Å². The maximum Gasteiger partial charge on any atom is 0.335 e. The van der Waals surface area contributed by atoms with Crippen LogP contribution < -0.4 is 0 Å². The van der Waals surface area contributed by atoms with E-state index in [9.17, 15) is 34.5 Å². The number of unbranched alkanes of at least 4 members (excludes halogenated alkanes) is 21. The van der Waals surface area contributed by atoms with Crippen molar-refractivity contribution < 1.29 is 58.2 Å². The lowest BCUT2D eigenvalue weighted by molar-refractivity contribution is -0.301. The number of carboxylic acid groups (broad SMARTS) is 1. The normalized spacial score (nSPS) is 18.5. The molecule has 1 aliphatic rings. The van der Waals surface area contributed by atoms with Crippen molar-refractivity contribution in [3.8, 4) is 0 Å². The van der Waals surface area contributed by atoms with Gasteiger partial charge in [0.2, 0.25) is 0 Å². The third-order valence-corrected chi connectivity index (χ3v) is 13.8. The van der Waals surface area contributed by atoms with Crippen LogP contribution in [0.25, 0.3) is 0 Å². The number of aliphatic hydroxyl groups is 2. The number of carbonyl (C=O) groups excluding carboxylic acids is 3. The van der Waals surface area contributed by atoms with Crippen LogP contribution in [0, 0.1) is 0 Å². The molecule has 0 aromatic carbocycles. The molecule has 1 heterocycles. The molecular formula is C69H112O12. The summed E-state index contributed by atoms with van der Waals surface area (Å²) in [7, 11) is 0. The molecule has 1 saturated heterocycles. The van der Waals surface area contributed by atoms with Gasteiger partial charge in [-0.1, -0.05) is 220 Å². The van der Waals surface area contributed by atoms with E-state index in [4.69, 9.17) is 23.7 Å². The second kappa shape index (κ2) is 55.9. The lowest BCUT2D eigenvalue weighted by Gasteiger charge is -2.40. The summed E-state index contributed by atoms with van der Waals surface area (Å²) in [5.74, 6) is -3.17. The van der Waals surface area contributed by atoms with Gasteiger partial charge in [0.15, 0.2) is 24.6 Å². The second-order valence-electron chi connectivity index (χ2n) is 21.3. The topological polar surface area (TPSA) is 175 Å². The van der Waals surface area contributed by atoms with Gasteiger partial charge in [0, 0.05) is 19.3 Å². The maximum atomic E-state index is 13.2. The Balaban J connectivity index is 2.69. The molecule has 81 heavy (non-hydrogen) atoms. The van der Waals surface area contributed by atoms with Gasteiger partial charge in [-0.2, -0.15) is 0 Å². The van der Waals surface area contributed by atoms with Gasteiger partial charge in [-0.3, -0.25) is 14.4 Å². The summed E-state index contributed by atoms with van der Waals surface area (Å²) < 4.78 is 28.5. The molecule has 12 nitrogen and oxygen atoms in total. The molecule has 0 saturated carbocycles. The molecule has 1 rings (SSSR count). The summed E-state index contributed by atoms with van der Waals surface area (Å²) in [5, 5.41) is 31.5. The van der Waals surface area contributed by atoms with Crippen molar-refractivity contribution in [2.75, 3.05) is 13.2 Å². The van der Waals surface area contributed by atoms with Crippen LogP contribution in [0.1, 0.15) is 252 Å². The standard InChI is InChI=1S/C69H112O12/c1-4-7-10-13-16-19-22-25-27-29-31-33-35-38-40-43-46-49-52-55-61(70)77-58-60(79-62(71)56-53-50-47-44-42-39-36-34-32-30-28-26-23-20-17-14-11-8-5-2)59-78-69-67(65(74)64(73)66(81-69)68(75)76)80-63(72)57-54-51-48-45-41-37-24-21-18-15-12-9-6-3/h7-8,10-11,16-17,19-21,24-28,31-34,60,64-67,69,73-74H,4-6,9,12-15,18,22-23,29-30,35-59H2,1-3H3,(H,75,76)/b10-7-,11-8-,19-16-,20-17-,24-21-,27-25-,28-26-,33-31-,34-32-. The summed E-state index contributed by atoms with van der Waals surface area (Å²) in [5.41, 5.74) is 0. The third kappa shape index (κ3) is 45.6. The molecule has 0 bridgehead atoms. The number of aliphatic hydroxyl groups excluding tert-OH is 2. The number of allylic oxidation sites excluding steroid dienone is 18. The van der Waals surface area contributed by atoms with Crippen LogP contribution in [0.5, 0.6) is 0 Å². The number of carboxylic acids is 1. The zero-order valence-electron chi connectivity index (χ0n) is 50.7. The molecule has 1 fully saturated rings. The van der Waals surface area contributed by atoms with E-state index in [-0.39, 0.29) is 25.9 Å². The molecule has 6 atom stereocenters. The highest BCUT2D eigenvalue weighted by molar-refractivity contribution is 5.74. The van der Waals surface area contributed by atoms with E-state index in [2.05, 4.69) is 130 Å². The van der Waals surface area contributed by atoms with E-state index in [1.165, 1.54) is 25.7 Å². The SMILES string of the molecule is CC/C=C\C/C=C\C/C=C\C/C=C\CCCCCCCCC(=O)OCC(COC1OC(C(=O)O)C(O)C(O)C1OC(=O)CCCCCCC/C=C\CCCCCC)OC(=O)CCCCCCCC/C=C\C/C=C\C/C=C\C/C=C\CC. The Bertz CT molecular complexity index is 1820. The van der Waals surface area contributed by atoms with E-state index in [1.807, 2.05) is 0 Å². The number of hydrogen-bond acceptors (Lipinski definition) is 11. The third-order valence-electron chi connectivity index (χ3n) is 13.8. The van der Waals surface area contributed by atoms with Gasteiger partial charge in [0.25, 0.3) is 0 Å². The highest BCUT2D eigenvalue weighted by atomic mass is 16.7. The molecule has 0 aromatic rings. The first-order valence-electron chi connectivity index (χ1n) is 31.9. The van der Waals surface area contributed by atoms with Crippen molar-refractivity contribution >= 4 is 23.9 Å². The van der Waals surface area contributed by atoms with Gasteiger partial charge in [-0.15, -0.1) is 0 Å². The first-order valence-corrected chi connectivity index (χ1v) is 31.9. The number of esters is 3. The number of carbonyl (C=O) groups is 4. The first-order chi connectivity index (χ1) is 39.6. The Morgan fingerprint density at radius 1 is 0.420 bits per heavy atom. The van der Waals surface area contributed by atoms with Gasteiger partial charge in [0.05, 0.1) is 6.61 Å². The molecule has 0 spiro atoms. The lowest BCUT2D eigenvalue weighted by Crippen LogP contribution is -2.61. The molecule has 0 radical (unpaired) electrons. The smallest absolute Gasteiger partial charge is 0.335 e. The number of rotatable bonds is 53. The molecule has 0 aromatic heterocycles. The van der Waals surface area contributed by atoms with Gasteiger partial charge < -0.3 is 39.0 Å². The van der Waals surface area contributed by atoms with Crippen LogP contribution in [0.4, 0.5) is 0 Å². The maximum absolute atomic E-state index is 13.2. The van der Waals surface area contributed by atoms with Gasteiger partial charge >= 0.3 is 23.9 Å². The Hall–Kier alpha value is -4.62. The van der Waals surface area contributed by atoms with E-state index >= 15 is 0 Å². The van der Waals surface area contributed by atoms with Gasteiger partial charge in [-0.05, 0) is 122 Å². The molecule has 6 unspecified atom stereocenters. The summed E-state index contributed by atoms with van der Waals surface area (Å²) in [6, 6.07) is 0. The largest absolute Gasteiger partial charge is 0.479 e. The fourth-order valence-electron chi connectivity index (χ4n) is 8.99. The van der Waals surface area contributed by atoms with Crippen LogP contribution in [-0.4, -0.2) is 89.2 Å². The fraction of sp³-hybridized carbons (Fsp3) is 0.681. The van der Waals surface area contributed by atoms with Crippen molar-refractivity contribution in [3.63, 3.8) is 0 Å². The minimum Gasteiger partial charge on any atom is -0.479 e. The average Bonchev–Trinajstić information content (AvgIpc) is 3.46. The van der Waals surface area contributed by atoms with Crippen molar-refractivity contribution in [1.29, 1.82) is 0 Å². The predicted molar refractivity (Wildman–Crippen MR) is 330 cm³/mol. The highest BCUT2D eigenvalue weighted by Gasteiger charge is 2.50. The number of hydrogen-bond donors (Lipinski definition) is 3. The summed E-state index contributed by atoms with van der Waals surface area (Å²) in [4.78, 5) is 51.3. The summed E-state index contributed by atoms with van der Waals surface area (Å²) in [6.45, 7) is 5.73. The van der Waals surface area contributed by atoms with Crippen LogP contribution in [0.3, 0.4) is 0 Å². The minimum absolute atomic E-state index is 0.0426. The van der Waals surface area contributed by atoms with E-state index in [1.54, 1.807) is 0 Å². The molecular weight excluding hydrogens is 1020 g/mol. The zero-order valence-corrected chi connectivity index (χ0v) is 50.7. The molecule has 0 aliphatic carbocycles. The average molecular weight is 1130 g/mol. The van der Waals surface area contributed by atoms with Crippen molar-refractivity contribution in [3.05, 3.63) is 109 Å². The van der Waals surface area contributed by atoms with Crippen molar-refractivity contribution in [2.45, 2.75) is 289 Å².